The van der Waals surface area contributed by atoms with Crippen molar-refractivity contribution in [2.75, 3.05) is 33.9 Å². The fourth-order valence-electron chi connectivity index (χ4n) is 6.87. The minimum absolute atomic E-state index is 0.00502. The molecule has 10 heteroatoms. The smallest absolute Gasteiger partial charge is 0.325 e. The molecule has 2 aromatic carbocycles. The van der Waals surface area contributed by atoms with Crippen LogP contribution < -0.4 is 9.47 Å². The van der Waals surface area contributed by atoms with E-state index in [1.165, 1.54) is 12.1 Å². The molecule has 3 aliphatic heterocycles. The van der Waals surface area contributed by atoms with Crippen molar-refractivity contribution in [3.05, 3.63) is 82.6 Å². The van der Waals surface area contributed by atoms with Gasteiger partial charge in [-0.25, -0.2) is 13.9 Å². The van der Waals surface area contributed by atoms with Gasteiger partial charge < -0.3 is 19.3 Å². The summed E-state index contributed by atoms with van der Waals surface area (Å²) in [6.07, 6.45) is 6.69. The van der Waals surface area contributed by atoms with Crippen molar-refractivity contribution in [2.45, 2.75) is 51.6 Å². The van der Waals surface area contributed by atoms with E-state index in [-0.39, 0.29) is 17.8 Å². The number of nitrogens with zero attached hydrogens (tertiary/aromatic N) is 5. The minimum atomic E-state index is -0.462. The maximum atomic E-state index is 13.9. The number of amides is 3. The molecule has 0 aliphatic carbocycles. The van der Waals surface area contributed by atoms with Gasteiger partial charge in [0.2, 0.25) is 0 Å². The Morgan fingerprint density at radius 1 is 1.10 bits per heavy atom. The molecule has 0 radical (unpaired) electrons. The number of hydrogen-bond donors (Lipinski definition) is 0. The summed E-state index contributed by atoms with van der Waals surface area (Å²) < 4.78 is 26.3. The van der Waals surface area contributed by atoms with Gasteiger partial charge >= 0.3 is 6.03 Å². The van der Waals surface area contributed by atoms with E-state index < -0.39 is 5.54 Å². The number of likely N-dealkylation sites (N-methyl/N-ethyl adjacent to an activating group) is 1. The average Bonchev–Trinajstić information content (AvgIpc) is 3.46. The summed E-state index contributed by atoms with van der Waals surface area (Å²) in [5.74, 6) is 1.07. The van der Waals surface area contributed by atoms with Crippen molar-refractivity contribution >= 4 is 11.9 Å². The van der Waals surface area contributed by atoms with Gasteiger partial charge in [0, 0.05) is 31.4 Å². The van der Waals surface area contributed by atoms with Gasteiger partial charge in [0.1, 0.15) is 17.3 Å². The number of carbonyl (C=O) groups is 2. The first-order valence-electron chi connectivity index (χ1n) is 14.4. The van der Waals surface area contributed by atoms with E-state index in [2.05, 4.69) is 11.2 Å². The number of ether oxygens (including phenoxy) is 2. The summed E-state index contributed by atoms with van der Waals surface area (Å²) in [5, 5.41) is 4.41. The monoisotopic (exact) mass is 573 g/mol. The molecule has 4 heterocycles. The van der Waals surface area contributed by atoms with Gasteiger partial charge in [-0.2, -0.15) is 5.10 Å². The van der Waals surface area contributed by atoms with E-state index in [1.807, 2.05) is 40.7 Å². The van der Waals surface area contributed by atoms with Crippen LogP contribution in [0, 0.1) is 12.7 Å². The zero-order valence-electron chi connectivity index (χ0n) is 24.5. The number of fused-ring (bicyclic) bond motifs is 3. The van der Waals surface area contributed by atoms with Gasteiger partial charge in [0.25, 0.3) is 5.91 Å². The Morgan fingerprint density at radius 3 is 2.50 bits per heavy atom. The van der Waals surface area contributed by atoms with Gasteiger partial charge in [0.05, 0.1) is 49.4 Å². The van der Waals surface area contributed by atoms with E-state index in [9.17, 15) is 14.0 Å². The Bertz CT molecular complexity index is 1560. The van der Waals surface area contributed by atoms with E-state index in [0.29, 0.717) is 61.7 Å². The molecule has 1 aromatic heterocycles. The highest BCUT2D eigenvalue weighted by atomic mass is 19.1. The number of piperidine rings is 1. The maximum Gasteiger partial charge on any atom is 0.325 e. The highest BCUT2D eigenvalue weighted by Crippen LogP contribution is 2.46. The van der Waals surface area contributed by atoms with Crippen LogP contribution in [0.5, 0.6) is 11.5 Å². The molecule has 0 atom stereocenters. The molecule has 6 rings (SSSR count). The molecular formula is C32H36FN5O4. The number of urea groups is 1. The zero-order chi connectivity index (χ0) is 29.6. The molecule has 1 spiro atoms. The molecule has 0 bridgehead atoms. The molecule has 2 fully saturated rings. The van der Waals surface area contributed by atoms with Crippen LogP contribution in [0.4, 0.5) is 9.18 Å². The van der Waals surface area contributed by atoms with Crippen molar-refractivity contribution in [3.8, 4) is 17.2 Å². The van der Waals surface area contributed by atoms with E-state index in [0.717, 1.165) is 35.4 Å². The lowest BCUT2D eigenvalue weighted by Gasteiger charge is -2.44. The van der Waals surface area contributed by atoms with Gasteiger partial charge in [-0.05, 0) is 81.0 Å². The molecule has 3 aliphatic rings. The zero-order valence-corrected chi connectivity index (χ0v) is 24.5. The summed E-state index contributed by atoms with van der Waals surface area (Å²) in [5.41, 5.74) is 4.63. The number of carbonyl (C=O) groups excluding carboxylic acids is 2. The lowest BCUT2D eigenvalue weighted by molar-refractivity contribution is 0.0575. The van der Waals surface area contributed by atoms with Crippen molar-refractivity contribution < 1.29 is 23.5 Å². The summed E-state index contributed by atoms with van der Waals surface area (Å²) >= 11 is 0. The lowest BCUT2D eigenvalue weighted by atomic mass is 9.82. The Labute approximate surface area is 245 Å². The number of benzene rings is 2. The van der Waals surface area contributed by atoms with Crippen LogP contribution in [-0.2, 0) is 13.0 Å². The number of halogens is 1. The standard InChI is InChI=1S/C32H36FN5O4/c1-5-37-31(40)36-20-22-17-25(41-3)18-28(42-4)26(22)7-6-8-29(36)32(37)13-15-35(16-14-32)30(39)27-19-34-38(21(27)2)24-11-9-23(33)10-12-24/h8-12,17-19H,5-7,13-16,20H2,1-4H3/b29-8-. The van der Waals surface area contributed by atoms with Crippen molar-refractivity contribution in [2.24, 2.45) is 0 Å². The predicted octanol–water partition coefficient (Wildman–Crippen LogP) is 5.10. The fraction of sp³-hybridized carbons (Fsp3) is 0.406. The maximum absolute atomic E-state index is 13.9. The van der Waals surface area contributed by atoms with Crippen molar-refractivity contribution in [1.82, 2.24) is 24.5 Å². The minimum Gasteiger partial charge on any atom is -0.497 e. The Kier molecular flexibility index (Phi) is 7.16. The largest absolute Gasteiger partial charge is 0.497 e. The molecule has 42 heavy (non-hydrogen) atoms. The number of hydrogen-bond acceptors (Lipinski definition) is 5. The van der Waals surface area contributed by atoms with Crippen molar-refractivity contribution in [1.29, 1.82) is 0 Å². The number of methoxy groups -OCH3 is 2. The Balaban J connectivity index is 1.25. The molecule has 2 saturated heterocycles. The Morgan fingerprint density at radius 2 is 1.83 bits per heavy atom. The first kappa shape index (κ1) is 27.8. The molecule has 0 unspecified atom stereocenters. The normalized spacial score (nSPS) is 19.1. The lowest BCUT2D eigenvalue weighted by Crippen LogP contribution is -2.54. The summed E-state index contributed by atoms with van der Waals surface area (Å²) in [6, 6.07) is 9.94. The van der Waals surface area contributed by atoms with E-state index in [4.69, 9.17) is 9.47 Å². The average molecular weight is 574 g/mol. The van der Waals surface area contributed by atoms with Gasteiger partial charge in [0.15, 0.2) is 0 Å². The molecular weight excluding hydrogens is 537 g/mol. The fourth-order valence-corrected chi connectivity index (χ4v) is 6.87. The van der Waals surface area contributed by atoms with Gasteiger partial charge in [-0.15, -0.1) is 0 Å². The predicted molar refractivity (Wildman–Crippen MR) is 155 cm³/mol. The second kappa shape index (κ2) is 10.8. The van der Waals surface area contributed by atoms with E-state index >= 15 is 0 Å². The molecule has 3 aromatic rings. The molecule has 9 nitrogen and oxygen atoms in total. The van der Waals surface area contributed by atoms with Crippen LogP contribution in [0.3, 0.4) is 0 Å². The Hall–Kier alpha value is -4.34. The first-order chi connectivity index (χ1) is 20.3. The third-order valence-corrected chi connectivity index (χ3v) is 9.04. The van der Waals surface area contributed by atoms with Crippen molar-refractivity contribution in [3.63, 3.8) is 0 Å². The summed E-state index contributed by atoms with van der Waals surface area (Å²) in [6.45, 7) is 5.93. The number of rotatable bonds is 5. The quantitative estimate of drug-likeness (QED) is 0.425. The molecule has 0 saturated carbocycles. The van der Waals surface area contributed by atoms with Crippen LogP contribution in [0.1, 0.15) is 53.4 Å². The molecule has 220 valence electrons. The van der Waals surface area contributed by atoms with E-state index in [1.54, 1.807) is 37.2 Å². The van der Waals surface area contributed by atoms with Crippen LogP contribution in [0.2, 0.25) is 0 Å². The molecule has 0 N–H and O–H groups in total. The number of allylic oxidation sites excluding steroid dienone is 1. The highest BCUT2D eigenvalue weighted by Gasteiger charge is 2.54. The summed E-state index contributed by atoms with van der Waals surface area (Å²) in [4.78, 5) is 33.3. The van der Waals surface area contributed by atoms with Crippen LogP contribution in [-0.4, -0.2) is 75.8 Å². The highest BCUT2D eigenvalue weighted by molar-refractivity contribution is 5.95. The second-order valence-electron chi connectivity index (χ2n) is 11.1. The van der Waals surface area contributed by atoms with Gasteiger partial charge in [-0.3, -0.25) is 9.69 Å². The van der Waals surface area contributed by atoms with Crippen LogP contribution in [0.15, 0.2) is 54.4 Å². The van der Waals surface area contributed by atoms with Crippen LogP contribution in [0.25, 0.3) is 5.69 Å². The molecule has 3 amide bonds. The SMILES string of the molecule is CCN1C(=O)N2Cc3cc(OC)cc(OC)c3CC/C=C\2C12CCN(C(=O)c1cnn(-c3ccc(F)cc3)c1C)CC2. The first-order valence-corrected chi connectivity index (χ1v) is 14.4. The van der Waals surface area contributed by atoms with Gasteiger partial charge in [-0.1, -0.05) is 6.08 Å². The summed E-state index contributed by atoms with van der Waals surface area (Å²) in [7, 11) is 3.29. The third kappa shape index (κ3) is 4.40. The van der Waals surface area contributed by atoms with Crippen LogP contribution >= 0.6 is 0 Å². The third-order valence-electron chi connectivity index (χ3n) is 9.04. The second-order valence-corrected chi connectivity index (χ2v) is 11.1. The number of likely N-dealkylation sites (tertiary alicyclic amines) is 1. The topological polar surface area (TPSA) is 80.1 Å². The number of aromatic nitrogens is 2.